The Kier molecular flexibility index (Phi) is 7.69. The third-order valence-corrected chi connectivity index (χ3v) is 6.79. The predicted octanol–water partition coefficient (Wildman–Crippen LogP) is 2.52. The van der Waals surface area contributed by atoms with Crippen LogP contribution in [-0.2, 0) is 21.4 Å². The second-order valence-corrected chi connectivity index (χ2v) is 9.66. The monoisotopic (exact) mass is 486 g/mol. The third kappa shape index (κ3) is 5.80. The van der Waals surface area contributed by atoms with Gasteiger partial charge in [-0.15, -0.1) is 0 Å². The Labute approximate surface area is 198 Å². The van der Waals surface area contributed by atoms with E-state index in [4.69, 9.17) is 9.26 Å². The fourth-order valence-corrected chi connectivity index (χ4v) is 4.56. The molecule has 0 spiro atoms. The number of carbonyl (C=O) groups is 2. The number of benzene rings is 2. The quantitative estimate of drug-likeness (QED) is 0.493. The van der Waals surface area contributed by atoms with Crippen molar-refractivity contribution in [3.63, 3.8) is 0 Å². The zero-order valence-electron chi connectivity index (χ0n) is 19.3. The number of hydrogen-bond acceptors (Lipinski definition) is 7. The number of ether oxygens (including phenoxy) is 1. The largest absolute Gasteiger partial charge is 0.495 e. The first kappa shape index (κ1) is 24.9. The molecule has 2 amide bonds. The number of aromatic nitrogens is 1. The molecule has 0 bridgehead atoms. The van der Waals surface area contributed by atoms with Crippen molar-refractivity contribution in [1.82, 2.24) is 14.4 Å². The maximum atomic E-state index is 13.3. The lowest BCUT2D eigenvalue weighted by molar-refractivity contribution is -0.116. The van der Waals surface area contributed by atoms with Gasteiger partial charge in [0.15, 0.2) is 5.82 Å². The summed E-state index contributed by atoms with van der Waals surface area (Å²) in [6, 6.07) is 14.8. The highest BCUT2D eigenvalue weighted by Crippen LogP contribution is 2.28. The molecule has 2 aromatic carbocycles. The summed E-state index contributed by atoms with van der Waals surface area (Å²) in [6.07, 6.45) is 0. The molecule has 0 aliphatic carbocycles. The second kappa shape index (κ2) is 10.5. The minimum atomic E-state index is -3.98. The fourth-order valence-electron chi connectivity index (χ4n) is 3.22. The first-order chi connectivity index (χ1) is 16.1. The zero-order chi connectivity index (χ0) is 24.9. The van der Waals surface area contributed by atoms with E-state index in [2.05, 4.69) is 10.5 Å². The maximum absolute atomic E-state index is 13.3. The number of sulfonamides is 1. The van der Waals surface area contributed by atoms with Crippen molar-refractivity contribution in [2.75, 3.05) is 33.1 Å². The number of anilines is 1. The molecule has 3 rings (SSSR count). The van der Waals surface area contributed by atoms with Crippen LogP contribution in [0, 0.1) is 6.92 Å². The summed E-state index contributed by atoms with van der Waals surface area (Å²) < 4.78 is 37.9. The highest BCUT2D eigenvalue weighted by molar-refractivity contribution is 7.89. The number of hydrogen-bond donors (Lipinski definition) is 1. The highest BCUT2D eigenvalue weighted by atomic mass is 32.2. The Morgan fingerprint density at radius 3 is 2.41 bits per heavy atom. The van der Waals surface area contributed by atoms with E-state index < -0.39 is 21.8 Å². The molecule has 34 heavy (non-hydrogen) atoms. The van der Waals surface area contributed by atoms with Crippen LogP contribution >= 0.6 is 0 Å². The van der Waals surface area contributed by atoms with Gasteiger partial charge < -0.3 is 19.5 Å². The highest BCUT2D eigenvalue weighted by Gasteiger charge is 2.27. The Hall–Kier alpha value is -3.70. The number of carbonyl (C=O) groups excluding carboxylic acids is 2. The SMILES string of the molecule is COc1ccc(C(=O)N(C)CC(=O)Nc2cc(C)on2)cc1S(=O)(=O)N(C)Cc1ccccc1. The molecule has 0 aliphatic heterocycles. The Bertz CT molecular complexity index is 1270. The average molecular weight is 487 g/mol. The first-order valence-corrected chi connectivity index (χ1v) is 11.7. The fraction of sp³-hybridized carbons (Fsp3) is 0.261. The van der Waals surface area contributed by atoms with Gasteiger partial charge in [-0.3, -0.25) is 9.59 Å². The van der Waals surface area contributed by atoms with Gasteiger partial charge in [-0.25, -0.2) is 8.42 Å². The Morgan fingerprint density at radius 1 is 1.09 bits per heavy atom. The molecule has 1 heterocycles. The van der Waals surface area contributed by atoms with Crippen LogP contribution < -0.4 is 10.1 Å². The number of nitrogens with zero attached hydrogens (tertiary/aromatic N) is 3. The summed E-state index contributed by atoms with van der Waals surface area (Å²) in [5, 5.41) is 6.21. The standard InChI is InChI=1S/C23H26N4O6S/c1-16-12-21(25-33-16)24-22(28)15-26(2)23(29)18-10-11-19(32-4)20(13-18)34(30,31)27(3)14-17-8-6-5-7-9-17/h5-13H,14-15H2,1-4H3,(H,24,25,28). The second-order valence-electron chi connectivity index (χ2n) is 7.64. The maximum Gasteiger partial charge on any atom is 0.254 e. The van der Waals surface area contributed by atoms with Crippen LogP contribution in [0.15, 0.2) is 64.0 Å². The minimum absolute atomic E-state index is 0.0973. The smallest absolute Gasteiger partial charge is 0.254 e. The van der Waals surface area contributed by atoms with Gasteiger partial charge in [0, 0.05) is 32.3 Å². The zero-order valence-corrected chi connectivity index (χ0v) is 20.1. The molecule has 3 aromatic rings. The lowest BCUT2D eigenvalue weighted by atomic mass is 10.2. The van der Waals surface area contributed by atoms with E-state index in [1.54, 1.807) is 13.0 Å². The molecule has 0 saturated carbocycles. The molecule has 0 atom stereocenters. The van der Waals surface area contributed by atoms with Crippen LogP contribution in [-0.4, -0.2) is 62.3 Å². The summed E-state index contributed by atoms with van der Waals surface area (Å²) in [5.41, 5.74) is 0.910. The Balaban J connectivity index is 1.79. The van der Waals surface area contributed by atoms with E-state index in [-0.39, 0.29) is 35.1 Å². The van der Waals surface area contributed by atoms with E-state index in [0.717, 1.165) is 5.56 Å². The molecule has 180 valence electrons. The van der Waals surface area contributed by atoms with Gasteiger partial charge in [-0.1, -0.05) is 35.5 Å². The van der Waals surface area contributed by atoms with Gasteiger partial charge >= 0.3 is 0 Å². The van der Waals surface area contributed by atoms with Crippen molar-refractivity contribution in [3.8, 4) is 5.75 Å². The summed E-state index contributed by atoms with van der Waals surface area (Å²) in [6.45, 7) is 1.56. The number of rotatable bonds is 9. The molecule has 10 nitrogen and oxygen atoms in total. The molecule has 1 aromatic heterocycles. The number of nitrogens with one attached hydrogen (secondary N) is 1. The summed E-state index contributed by atoms with van der Waals surface area (Å²) >= 11 is 0. The van der Waals surface area contributed by atoms with Gasteiger partial charge in [-0.2, -0.15) is 4.31 Å². The topological polar surface area (TPSA) is 122 Å². The number of amides is 2. The normalized spacial score (nSPS) is 11.3. The van der Waals surface area contributed by atoms with Gasteiger partial charge in [0.05, 0.1) is 13.7 Å². The van der Waals surface area contributed by atoms with Crippen molar-refractivity contribution >= 4 is 27.7 Å². The predicted molar refractivity (Wildman–Crippen MR) is 125 cm³/mol. The lowest BCUT2D eigenvalue weighted by Gasteiger charge is -2.21. The number of methoxy groups -OCH3 is 1. The van der Waals surface area contributed by atoms with Crippen LogP contribution in [0.1, 0.15) is 21.7 Å². The van der Waals surface area contributed by atoms with E-state index in [1.807, 2.05) is 30.3 Å². The van der Waals surface area contributed by atoms with Crippen LogP contribution in [0.2, 0.25) is 0 Å². The van der Waals surface area contributed by atoms with Crippen molar-refractivity contribution in [2.24, 2.45) is 0 Å². The van der Waals surface area contributed by atoms with Gasteiger partial charge in [-0.05, 0) is 30.7 Å². The molecule has 0 radical (unpaired) electrons. The van der Waals surface area contributed by atoms with E-state index in [0.29, 0.717) is 5.76 Å². The molecule has 0 unspecified atom stereocenters. The molecular formula is C23H26N4O6S. The van der Waals surface area contributed by atoms with E-state index in [9.17, 15) is 18.0 Å². The van der Waals surface area contributed by atoms with Gasteiger partial charge in [0.1, 0.15) is 16.4 Å². The van der Waals surface area contributed by atoms with Gasteiger partial charge in [0.25, 0.3) is 5.91 Å². The molecule has 0 fully saturated rings. The molecular weight excluding hydrogens is 460 g/mol. The lowest BCUT2D eigenvalue weighted by Crippen LogP contribution is -2.35. The molecule has 1 N–H and O–H groups in total. The first-order valence-electron chi connectivity index (χ1n) is 10.3. The van der Waals surface area contributed by atoms with Crippen molar-refractivity contribution in [2.45, 2.75) is 18.4 Å². The van der Waals surface area contributed by atoms with Crippen LogP contribution in [0.5, 0.6) is 5.75 Å². The van der Waals surface area contributed by atoms with E-state index >= 15 is 0 Å². The van der Waals surface area contributed by atoms with Crippen LogP contribution in [0.4, 0.5) is 5.82 Å². The number of aryl methyl sites for hydroxylation is 1. The van der Waals surface area contributed by atoms with Gasteiger partial charge in [0.2, 0.25) is 15.9 Å². The minimum Gasteiger partial charge on any atom is -0.495 e. The Morgan fingerprint density at radius 2 is 1.79 bits per heavy atom. The average Bonchev–Trinajstić information content (AvgIpc) is 3.22. The number of likely N-dealkylation sites (N-methyl/N-ethyl adjacent to an activating group) is 1. The van der Waals surface area contributed by atoms with Crippen molar-refractivity contribution < 1.29 is 27.3 Å². The van der Waals surface area contributed by atoms with Crippen LogP contribution in [0.25, 0.3) is 0 Å². The molecule has 0 aliphatic rings. The van der Waals surface area contributed by atoms with Crippen LogP contribution in [0.3, 0.4) is 0 Å². The van der Waals surface area contributed by atoms with Crippen molar-refractivity contribution in [1.29, 1.82) is 0 Å². The summed E-state index contributed by atoms with van der Waals surface area (Å²) in [4.78, 5) is 26.2. The molecule has 0 saturated heterocycles. The summed E-state index contributed by atoms with van der Waals surface area (Å²) in [7, 11) is 0.270. The summed E-state index contributed by atoms with van der Waals surface area (Å²) in [5.74, 6) is -0.130. The van der Waals surface area contributed by atoms with E-state index in [1.165, 1.54) is 48.6 Å². The third-order valence-electron chi connectivity index (χ3n) is 4.97. The molecule has 11 heteroatoms. The van der Waals surface area contributed by atoms with Crippen molar-refractivity contribution in [3.05, 3.63) is 71.5 Å².